The molecule has 0 spiro atoms. The first-order valence-corrected chi connectivity index (χ1v) is 5.67. The van der Waals surface area contributed by atoms with Gasteiger partial charge in [-0.3, -0.25) is 0 Å². The number of hydrogen-bond acceptors (Lipinski definition) is 3. The van der Waals surface area contributed by atoms with Gasteiger partial charge in [0.2, 0.25) is 5.88 Å². The molecule has 0 saturated carbocycles. The lowest BCUT2D eigenvalue weighted by atomic mass is 10.2. The lowest BCUT2D eigenvalue weighted by Crippen LogP contribution is -1.96. The lowest BCUT2D eigenvalue weighted by molar-refractivity contribution is 0.274. The van der Waals surface area contributed by atoms with Gasteiger partial charge in [-0.25, -0.2) is 9.37 Å². The molecule has 1 aromatic carbocycles. The SMILES string of the molecule is Cc1cc(Oc2ncc(F)cc2CO)ccc1Cl. The molecule has 0 bridgehead atoms. The maximum atomic E-state index is 12.9. The zero-order valence-corrected chi connectivity index (χ0v) is 10.4. The molecular weight excluding hydrogens is 257 g/mol. The Bertz CT molecular complexity index is 575. The van der Waals surface area contributed by atoms with Gasteiger partial charge in [0.05, 0.1) is 12.8 Å². The van der Waals surface area contributed by atoms with E-state index in [1.54, 1.807) is 18.2 Å². The Balaban J connectivity index is 2.30. The third-order valence-corrected chi connectivity index (χ3v) is 2.83. The van der Waals surface area contributed by atoms with E-state index in [-0.39, 0.29) is 12.5 Å². The molecule has 1 heterocycles. The van der Waals surface area contributed by atoms with Crippen LogP contribution in [0.4, 0.5) is 4.39 Å². The van der Waals surface area contributed by atoms with Crippen LogP contribution in [0.5, 0.6) is 11.6 Å². The summed E-state index contributed by atoms with van der Waals surface area (Å²) in [5, 5.41) is 9.75. The van der Waals surface area contributed by atoms with Crippen LogP contribution in [0, 0.1) is 12.7 Å². The van der Waals surface area contributed by atoms with Crippen LogP contribution >= 0.6 is 11.6 Å². The van der Waals surface area contributed by atoms with Gasteiger partial charge in [0.15, 0.2) is 0 Å². The quantitative estimate of drug-likeness (QED) is 0.926. The Hall–Kier alpha value is -1.65. The van der Waals surface area contributed by atoms with E-state index in [4.69, 9.17) is 21.4 Å². The Labute approximate surface area is 109 Å². The number of ether oxygens (including phenoxy) is 1. The molecule has 0 aliphatic heterocycles. The number of aliphatic hydroxyl groups is 1. The van der Waals surface area contributed by atoms with E-state index in [0.29, 0.717) is 16.3 Å². The van der Waals surface area contributed by atoms with Crippen LogP contribution in [0.3, 0.4) is 0 Å². The summed E-state index contributed by atoms with van der Waals surface area (Å²) in [5.41, 5.74) is 1.16. The molecule has 0 radical (unpaired) electrons. The molecule has 0 aliphatic carbocycles. The van der Waals surface area contributed by atoms with Gasteiger partial charge in [-0.2, -0.15) is 0 Å². The van der Waals surface area contributed by atoms with Crippen molar-refractivity contribution in [2.45, 2.75) is 13.5 Å². The van der Waals surface area contributed by atoms with Gasteiger partial charge in [-0.15, -0.1) is 0 Å². The summed E-state index contributed by atoms with van der Waals surface area (Å²) < 4.78 is 18.4. The molecule has 0 fully saturated rings. The van der Waals surface area contributed by atoms with Crippen LogP contribution in [-0.4, -0.2) is 10.1 Å². The molecule has 0 aliphatic rings. The smallest absolute Gasteiger partial charge is 0.224 e. The topological polar surface area (TPSA) is 42.4 Å². The number of aryl methyl sites for hydroxylation is 1. The van der Waals surface area contributed by atoms with E-state index in [9.17, 15) is 4.39 Å². The minimum Gasteiger partial charge on any atom is -0.439 e. The second-order valence-electron chi connectivity index (χ2n) is 3.79. The third-order valence-electron chi connectivity index (χ3n) is 2.41. The average molecular weight is 268 g/mol. The van der Waals surface area contributed by atoms with Crippen molar-refractivity contribution < 1.29 is 14.2 Å². The minimum atomic E-state index is -0.515. The predicted octanol–water partition coefficient (Wildman–Crippen LogP) is 3.47. The van der Waals surface area contributed by atoms with Crippen molar-refractivity contribution in [3.63, 3.8) is 0 Å². The van der Waals surface area contributed by atoms with Gasteiger partial charge < -0.3 is 9.84 Å². The average Bonchev–Trinajstić information content (AvgIpc) is 2.36. The monoisotopic (exact) mass is 267 g/mol. The van der Waals surface area contributed by atoms with E-state index < -0.39 is 5.82 Å². The molecule has 3 nitrogen and oxygen atoms in total. The fraction of sp³-hybridized carbons (Fsp3) is 0.154. The number of nitrogens with zero attached hydrogens (tertiary/aromatic N) is 1. The van der Waals surface area contributed by atoms with Gasteiger partial charge in [0.25, 0.3) is 0 Å². The molecule has 94 valence electrons. The molecule has 18 heavy (non-hydrogen) atoms. The predicted molar refractivity (Wildman–Crippen MR) is 66.4 cm³/mol. The highest BCUT2D eigenvalue weighted by Crippen LogP contribution is 2.27. The van der Waals surface area contributed by atoms with Crippen molar-refractivity contribution in [2.75, 3.05) is 0 Å². The van der Waals surface area contributed by atoms with Crippen LogP contribution < -0.4 is 4.74 Å². The molecule has 1 aromatic heterocycles. The Morgan fingerprint density at radius 3 is 2.83 bits per heavy atom. The molecule has 0 unspecified atom stereocenters. The van der Waals surface area contributed by atoms with E-state index in [1.807, 2.05) is 6.92 Å². The zero-order chi connectivity index (χ0) is 13.1. The first-order chi connectivity index (χ1) is 8.60. The van der Waals surface area contributed by atoms with Gasteiger partial charge in [-0.05, 0) is 36.8 Å². The molecular formula is C13H11ClFNO2. The van der Waals surface area contributed by atoms with Crippen LogP contribution in [0.25, 0.3) is 0 Å². The van der Waals surface area contributed by atoms with E-state index in [0.717, 1.165) is 11.8 Å². The van der Waals surface area contributed by atoms with E-state index in [1.165, 1.54) is 6.07 Å². The summed E-state index contributed by atoms with van der Waals surface area (Å²) in [6, 6.07) is 6.32. The number of pyridine rings is 1. The highest BCUT2D eigenvalue weighted by Gasteiger charge is 2.08. The fourth-order valence-electron chi connectivity index (χ4n) is 1.47. The van der Waals surface area contributed by atoms with Crippen LogP contribution in [0.2, 0.25) is 5.02 Å². The largest absolute Gasteiger partial charge is 0.439 e. The van der Waals surface area contributed by atoms with Gasteiger partial charge in [-0.1, -0.05) is 11.6 Å². The minimum absolute atomic E-state index is 0.181. The second kappa shape index (κ2) is 5.33. The van der Waals surface area contributed by atoms with Crippen molar-refractivity contribution in [3.8, 4) is 11.6 Å². The van der Waals surface area contributed by atoms with Crippen molar-refractivity contribution in [1.82, 2.24) is 4.98 Å². The van der Waals surface area contributed by atoms with Crippen molar-refractivity contribution in [3.05, 3.63) is 52.4 Å². The molecule has 2 rings (SSSR count). The van der Waals surface area contributed by atoms with E-state index in [2.05, 4.69) is 4.98 Å². The van der Waals surface area contributed by atoms with Crippen LogP contribution in [0.1, 0.15) is 11.1 Å². The van der Waals surface area contributed by atoms with Crippen LogP contribution in [0.15, 0.2) is 30.5 Å². The number of hydrogen-bond donors (Lipinski definition) is 1. The van der Waals surface area contributed by atoms with Gasteiger partial charge >= 0.3 is 0 Å². The Morgan fingerprint density at radius 1 is 1.39 bits per heavy atom. The second-order valence-corrected chi connectivity index (χ2v) is 4.20. The lowest BCUT2D eigenvalue weighted by Gasteiger charge is -2.09. The molecule has 2 aromatic rings. The number of halogens is 2. The summed E-state index contributed by atoms with van der Waals surface area (Å²) in [6.45, 7) is 1.51. The highest BCUT2D eigenvalue weighted by molar-refractivity contribution is 6.31. The first-order valence-electron chi connectivity index (χ1n) is 5.29. The van der Waals surface area contributed by atoms with Crippen molar-refractivity contribution in [1.29, 1.82) is 0 Å². The summed E-state index contributed by atoms with van der Waals surface area (Å²) in [4.78, 5) is 3.81. The Morgan fingerprint density at radius 2 is 2.17 bits per heavy atom. The molecule has 5 heteroatoms. The normalized spacial score (nSPS) is 10.4. The molecule has 1 N–H and O–H groups in total. The number of rotatable bonds is 3. The maximum absolute atomic E-state index is 12.9. The number of aromatic nitrogens is 1. The van der Waals surface area contributed by atoms with Crippen molar-refractivity contribution >= 4 is 11.6 Å². The first kappa shape index (κ1) is 12.8. The summed E-state index contributed by atoms with van der Waals surface area (Å²) in [7, 11) is 0. The summed E-state index contributed by atoms with van der Waals surface area (Å²) in [6.07, 6.45) is 1.04. The number of aliphatic hydroxyl groups excluding tert-OH is 1. The molecule has 0 amide bonds. The van der Waals surface area contributed by atoms with E-state index >= 15 is 0 Å². The molecule has 0 atom stereocenters. The third kappa shape index (κ3) is 2.78. The highest BCUT2D eigenvalue weighted by atomic mass is 35.5. The summed E-state index contributed by atoms with van der Waals surface area (Å²) in [5.74, 6) is 0.199. The standard InChI is InChI=1S/C13H11ClFNO2/c1-8-4-11(2-3-12(8)14)18-13-9(7-17)5-10(15)6-16-13/h2-6,17H,7H2,1H3. The summed E-state index contributed by atoms with van der Waals surface area (Å²) >= 11 is 5.90. The van der Waals surface area contributed by atoms with Crippen molar-refractivity contribution in [2.24, 2.45) is 0 Å². The van der Waals surface area contributed by atoms with Crippen LogP contribution in [-0.2, 0) is 6.61 Å². The van der Waals surface area contributed by atoms with Gasteiger partial charge in [0, 0.05) is 10.6 Å². The maximum Gasteiger partial charge on any atom is 0.224 e. The molecule has 0 saturated heterocycles. The fourth-order valence-corrected chi connectivity index (χ4v) is 1.58. The van der Waals surface area contributed by atoms with Gasteiger partial charge in [0.1, 0.15) is 11.6 Å². The zero-order valence-electron chi connectivity index (χ0n) is 9.65. The number of benzene rings is 1. The Kier molecular flexibility index (Phi) is 3.79.